The lowest BCUT2D eigenvalue weighted by molar-refractivity contribution is 0.0526. The first-order valence-electron chi connectivity index (χ1n) is 6.48. The zero-order chi connectivity index (χ0) is 13.0. The van der Waals surface area contributed by atoms with Gasteiger partial charge in [-0.05, 0) is 56.6 Å². The summed E-state index contributed by atoms with van der Waals surface area (Å²) in [6.45, 7) is 5.25. The van der Waals surface area contributed by atoms with Gasteiger partial charge in [0.1, 0.15) is 0 Å². The van der Waals surface area contributed by atoms with E-state index in [0.717, 1.165) is 30.9 Å². The molecule has 0 radical (unpaired) electrons. The topological polar surface area (TPSA) is 55.6 Å². The summed E-state index contributed by atoms with van der Waals surface area (Å²) in [4.78, 5) is 14.0. The van der Waals surface area contributed by atoms with E-state index in [-0.39, 0.29) is 5.97 Å². The second-order valence-corrected chi connectivity index (χ2v) is 4.62. The van der Waals surface area contributed by atoms with E-state index in [0.29, 0.717) is 12.2 Å². The van der Waals surface area contributed by atoms with Crippen LogP contribution in [0.2, 0.25) is 0 Å². The molecule has 1 aromatic rings. The number of ether oxygens (including phenoxy) is 1. The van der Waals surface area contributed by atoms with E-state index >= 15 is 0 Å². The van der Waals surface area contributed by atoms with Crippen LogP contribution in [0.15, 0.2) is 18.2 Å². The van der Waals surface area contributed by atoms with Crippen molar-refractivity contribution in [1.82, 2.24) is 4.90 Å². The molecule has 1 aliphatic rings. The Labute approximate surface area is 108 Å². The monoisotopic (exact) mass is 248 g/mol. The lowest BCUT2D eigenvalue weighted by Gasteiger charge is -2.16. The predicted molar refractivity (Wildman–Crippen MR) is 71.3 cm³/mol. The number of hydrogen-bond acceptors (Lipinski definition) is 4. The third kappa shape index (κ3) is 3.01. The van der Waals surface area contributed by atoms with Crippen LogP contribution in [0.1, 0.15) is 35.7 Å². The SMILES string of the molecule is CCOC(=O)c1ccc(N)c(CN2CCCC2)c1. The molecule has 1 aliphatic heterocycles. The molecule has 0 bridgehead atoms. The van der Waals surface area contributed by atoms with Gasteiger partial charge in [0.05, 0.1) is 12.2 Å². The van der Waals surface area contributed by atoms with Crippen LogP contribution in [0.4, 0.5) is 5.69 Å². The molecule has 98 valence electrons. The van der Waals surface area contributed by atoms with E-state index in [1.807, 2.05) is 6.07 Å². The summed E-state index contributed by atoms with van der Waals surface area (Å²) >= 11 is 0. The van der Waals surface area contributed by atoms with Crippen molar-refractivity contribution in [3.63, 3.8) is 0 Å². The summed E-state index contributed by atoms with van der Waals surface area (Å²) in [5.74, 6) is -0.278. The molecule has 0 atom stereocenters. The zero-order valence-electron chi connectivity index (χ0n) is 10.8. The maximum absolute atomic E-state index is 11.7. The van der Waals surface area contributed by atoms with Gasteiger partial charge in [-0.3, -0.25) is 4.90 Å². The minimum atomic E-state index is -0.278. The molecule has 1 heterocycles. The van der Waals surface area contributed by atoms with Crippen molar-refractivity contribution in [2.75, 3.05) is 25.4 Å². The lowest BCUT2D eigenvalue weighted by atomic mass is 10.1. The third-order valence-corrected chi connectivity index (χ3v) is 3.25. The highest BCUT2D eigenvalue weighted by Gasteiger charge is 2.15. The average molecular weight is 248 g/mol. The molecular formula is C14H20N2O2. The Morgan fingerprint density at radius 2 is 2.11 bits per heavy atom. The molecule has 18 heavy (non-hydrogen) atoms. The van der Waals surface area contributed by atoms with Crippen molar-refractivity contribution in [3.05, 3.63) is 29.3 Å². The van der Waals surface area contributed by atoms with Crippen LogP contribution in [0.25, 0.3) is 0 Å². The van der Waals surface area contributed by atoms with E-state index < -0.39 is 0 Å². The number of benzene rings is 1. The van der Waals surface area contributed by atoms with E-state index in [4.69, 9.17) is 10.5 Å². The third-order valence-electron chi connectivity index (χ3n) is 3.25. The summed E-state index contributed by atoms with van der Waals surface area (Å²) in [5.41, 5.74) is 8.31. The van der Waals surface area contributed by atoms with Crippen LogP contribution in [-0.2, 0) is 11.3 Å². The second-order valence-electron chi connectivity index (χ2n) is 4.62. The maximum Gasteiger partial charge on any atom is 0.338 e. The van der Waals surface area contributed by atoms with Gasteiger partial charge >= 0.3 is 5.97 Å². The molecule has 1 aromatic carbocycles. The van der Waals surface area contributed by atoms with Crippen molar-refractivity contribution >= 4 is 11.7 Å². The van der Waals surface area contributed by atoms with Crippen molar-refractivity contribution in [3.8, 4) is 0 Å². The first-order chi connectivity index (χ1) is 8.70. The van der Waals surface area contributed by atoms with Crippen molar-refractivity contribution in [2.45, 2.75) is 26.3 Å². The standard InChI is InChI=1S/C14H20N2O2/c1-2-18-14(17)11-5-6-13(15)12(9-11)10-16-7-3-4-8-16/h5-6,9H,2-4,7-8,10,15H2,1H3. The predicted octanol–water partition coefficient (Wildman–Crippen LogP) is 2.04. The van der Waals surface area contributed by atoms with Crippen LogP contribution in [-0.4, -0.2) is 30.6 Å². The molecule has 2 rings (SSSR count). The smallest absolute Gasteiger partial charge is 0.338 e. The summed E-state index contributed by atoms with van der Waals surface area (Å²) in [7, 11) is 0. The maximum atomic E-state index is 11.7. The first-order valence-corrected chi connectivity index (χ1v) is 6.48. The van der Waals surface area contributed by atoms with Crippen LogP contribution in [0, 0.1) is 0 Å². The number of nitrogen functional groups attached to an aromatic ring is 1. The molecule has 0 saturated carbocycles. The van der Waals surface area contributed by atoms with Crippen molar-refractivity contribution in [2.24, 2.45) is 0 Å². The van der Waals surface area contributed by atoms with E-state index in [2.05, 4.69) is 4.90 Å². The Balaban J connectivity index is 2.12. The number of anilines is 1. The number of rotatable bonds is 4. The number of hydrogen-bond donors (Lipinski definition) is 1. The highest BCUT2D eigenvalue weighted by atomic mass is 16.5. The lowest BCUT2D eigenvalue weighted by Crippen LogP contribution is -2.19. The van der Waals surface area contributed by atoms with Gasteiger partial charge in [0.25, 0.3) is 0 Å². The van der Waals surface area contributed by atoms with Crippen molar-refractivity contribution < 1.29 is 9.53 Å². The van der Waals surface area contributed by atoms with Crippen LogP contribution in [0.3, 0.4) is 0 Å². The number of nitrogens with two attached hydrogens (primary N) is 1. The van der Waals surface area contributed by atoms with Gasteiger partial charge in [0.15, 0.2) is 0 Å². The highest BCUT2D eigenvalue weighted by molar-refractivity contribution is 5.90. The molecule has 0 amide bonds. The van der Waals surface area contributed by atoms with Crippen molar-refractivity contribution in [1.29, 1.82) is 0 Å². The van der Waals surface area contributed by atoms with Gasteiger partial charge in [0.2, 0.25) is 0 Å². The summed E-state index contributed by atoms with van der Waals surface area (Å²) in [6.07, 6.45) is 2.49. The minimum Gasteiger partial charge on any atom is -0.462 e. The van der Waals surface area contributed by atoms with E-state index in [9.17, 15) is 4.79 Å². The Kier molecular flexibility index (Phi) is 4.20. The fourth-order valence-corrected chi connectivity index (χ4v) is 2.27. The largest absolute Gasteiger partial charge is 0.462 e. The molecule has 2 N–H and O–H groups in total. The Hall–Kier alpha value is -1.55. The van der Waals surface area contributed by atoms with Crippen LogP contribution in [0.5, 0.6) is 0 Å². The molecule has 0 spiro atoms. The number of carbonyl (C=O) groups excluding carboxylic acids is 1. The molecule has 1 fully saturated rings. The van der Waals surface area contributed by atoms with Gasteiger partial charge < -0.3 is 10.5 Å². The highest BCUT2D eigenvalue weighted by Crippen LogP contribution is 2.19. The molecule has 0 aliphatic carbocycles. The summed E-state index contributed by atoms with van der Waals surface area (Å²) < 4.78 is 5.00. The molecule has 0 aromatic heterocycles. The van der Waals surface area contributed by atoms with Gasteiger partial charge in [-0.15, -0.1) is 0 Å². The Bertz CT molecular complexity index is 426. The zero-order valence-corrected chi connectivity index (χ0v) is 10.8. The number of esters is 1. The molecule has 4 nitrogen and oxygen atoms in total. The van der Waals surface area contributed by atoms with E-state index in [1.54, 1.807) is 19.1 Å². The van der Waals surface area contributed by atoms with Gasteiger partial charge in [-0.25, -0.2) is 4.79 Å². The number of carbonyl (C=O) groups is 1. The fourth-order valence-electron chi connectivity index (χ4n) is 2.27. The fraction of sp³-hybridized carbons (Fsp3) is 0.500. The second kappa shape index (κ2) is 5.87. The quantitative estimate of drug-likeness (QED) is 0.654. The summed E-state index contributed by atoms with van der Waals surface area (Å²) in [5, 5.41) is 0. The average Bonchev–Trinajstić information content (AvgIpc) is 2.85. The van der Waals surface area contributed by atoms with Gasteiger partial charge in [-0.2, -0.15) is 0 Å². The molecule has 0 unspecified atom stereocenters. The number of likely N-dealkylation sites (tertiary alicyclic amines) is 1. The molecule has 1 saturated heterocycles. The summed E-state index contributed by atoms with van der Waals surface area (Å²) in [6, 6.07) is 5.37. The van der Waals surface area contributed by atoms with Crippen LogP contribution >= 0.6 is 0 Å². The Morgan fingerprint density at radius 3 is 2.78 bits per heavy atom. The molecule has 4 heteroatoms. The van der Waals surface area contributed by atoms with E-state index in [1.165, 1.54) is 12.8 Å². The van der Waals surface area contributed by atoms with Gasteiger partial charge in [0, 0.05) is 12.2 Å². The molecular weight excluding hydrogens is 228 g/mol. The minimum absolute atomic E-state index is 0.278. The van der Waals surface area contributed by atoms with Gasteiger partial charge in [-0.1, -0.05) is 0 Å². The first kappa shape index (κ1) is 12.9. The Morgan fingerprint density at radius 1 is 1.39 bits per heavy atom. The van der Waals surface area contributed by atoms with Crippen LogP contribution < -0.4 is 5.73 Å². The number of nitrogens with zero attached hydrogens (tertiary/aromatic N) is 1. The normalized spacial score (nSPS) is 15.8.